The van der Waals surface area contributed by atoms with Gasteiger partial charge in [-0.2, -0.15) is 0 Å². The number of nitrogens with zero attached hydrogens (tertiary/aromatic N) is 4. The summed E-state index contributed by atoms with van der Waals surface area (Å²) in [5.74, 6) is 5.30. The van der Waals surface area contributed by atoms with Crippen LogP contribution in [0.15, 0.2) is 17.9 Å². The topological polar surface area (TPSA) is 132 Å². The lowest BCUT2D eigenvalue weighted by molar-refractivity contribution is -0.383. The van der Waals surface area contributed by atoms with Crippen LogP contribution in [-0.4, -0.2) is 19.9 Å². The van der Waals surface area contributed by atoms with Crippen LogP contribution >= 0.6 is 11.3 Å². The Morgan fingerprint density at radius 3 is 2.75 bits per heavy atom. The molecule has 1 atom stereocenters. The van der Waals surface area contributed by atoms with Gasteiger partial charge in [-0.15, -0.1) is 11.3 Å². The van der Waals surface area contributed by atoms with Crippen molar-refractivity contribution in [1.82, 2.24) is 15.0 Å². The van der Waals surface area contributed by atoms with Gasteiger partial charge in [0.15, 0.2) is 0 Å². The summed E-state index contributed by atoms with van der Waals surface area (Å²) in [6.45, 7) is 1.95. The molecule has 0 amide bonds. The Hall–Kier alpha value is -2.33. The molecule has 0 saturated heterocycles. The van der Waals surface area contributed by atoms with Gasteiger partial charge in [-0.3, -0.25) is 10.1 Å². The fourth-order valence-corrected chi connectivity index (χ4v) is 2.45. The molecule has 0 aromatic carbocycles. The molecule has 2 aromatic rings. The first-order valence-corrected chi connectivity index (χ1v) is 6.67. The second-order valence-corrected chi connectivity index (χ2v) is 4.72. The number of nitro groups is 1. The molecule has 2 rings (SSSR count). The van der Waals surface area contributed by atoms with Crippen LogP contribution in [0.2, 0.25) is 0 Å². The summed E-state index contributed by atoms with van der Waals surface area (Å²) in [5.41, 5.74) is 1.91. The lowest BCUT2D eigenvalue weighted by atomic mass is 10.2. The number of thiazole rings is 1. The fraction of sp³-hybridized carbons (Fsp3) is 0.300. The maximum atomic E-state index is 11.1. The smallest absolute Gasteiger partial charge is 0.354 e. The van der Waals surface area contributed by atoms with Crippen LogP contribution in [0.1, 0.15) is 24.4 Å². The van der Waals surface area contributed by atoms with Crippen molar-refractivity contribution in [2.45, 2.75) is 19.4 Å². The Bertz CT molecular complexity index is 589. The zero-order chi connectivity index (χ0) is 14.5. The van der Waals surface area contributed by atoms with E-state index < -0.39 is 4.92 Å². The van der Waals surface area contributed by atoms with Gasteiger partial charge in [0.1, 0.15) is 11.3 Å². The van der Waals surface area contributed by atoms with Crippen LogP contribution in [0.5, 0.6) is 0 Å². The largest absolute Gasteiger partial charge is 0.355 e. The lowest BCUT2D eigenvalue weighted by Crippen LogP contribution is -2.16. The van der Waals surface area contributed by atoms with E-state index in [9.17, 15) is 10.1 Å². The summed E-state index contributed by atoms with van der Waals surface area (Å²) < 4.78 is 0. The van der Waals surface area contributed by atoms with E-state index in [1.165, 1.54) is 17.7 Å². The number of rotatable bonds is 6. The highest BCUT2D eigenvalue weighted by molar-refractivity contribution is 7.09. The molecule has 10 heteroatoms. The third kappa shape index (κ3) is 2.81. The van der Waals surface area contributed by atoms with Crippen molar-refractivity contribution >= 4 is 28.7 Å². The zero-order valence-electron chi connectivity index (χ0n) is 10.6. The Balaban J connectivity index is 2.35. The van der Waals surface area contributed by atoms with Gasteiger partial charge in [0.2, 0.25) is 11.6 Å². The van der Waals surface area contributed by atoms with Crippen LogP contribution in [-0.2, 0) is 0 Å². The standard InChI is InChI=1S/C10H13N7O2S/c1-2-6(10-12-3-4-20-10)15-8-7(17(18)19)9(16-11)14-5-13-8/h3-6H,2,11H2,1H3,(H2,13,14,15,16). The second-order valence-electron chi connectivity index (χ2n) is 3.80. The van der Waals surface area contributed by atoms with Crippen molar-refractivity contribution < 1.29 is 4.92 Å². The third-order valence-electron chi connectivity index (χ3n) is 2.61. The van der Waals surface area contributed by atoms with Gasteiger partial charge in [0, 0.05) is 11.6 Å². The van der Waals surface area contributed by atoms with Crippen molar-refractivity contribution in [3.63, 3.8) is 0 Å². The molecule has 0 bridgehead atoms. The summed E-state index contributed by atoms with van der Waals surface area (Å²) in [4.78, 5) is 22.4. The summed E-state index contributed by atoms with van der Waals surface area (Å²) in [6.07, 6.45) is 3.60. The number of aromatic nitrogens is 3. The number of anilines is 2. The van der Waals surface area contributed by atoms with E-state index in [0.29, 0.717) is 6.42 Å². The first kappa shape index (κ1) is 14.1. The van der Waals surface area contributed by atoms with Crippen LogP contribution in [0, 0.1) is 10.1 Å². The van der Waals surface area contributed by atoms with E-state index in [-0.39, 0.29) is 23.4 Å². The van der Waals surface area contributed by atoms with Gasteiger partial charge in [0.05, 0.1) is 11.0 Å². The first-order chi connectivity index (χ1) is 9.67. The number of hydrazine groups is 1. The van der Waals surface area contributed by atoms with Gasteiger partial charge in [-0.05, 0) is 6.42 Å². The van der Waals surface area contributed by atoms with E-state index >= 15 is 0 Å². The average molecular weight is 295 g/mol. The average Bonchev–Trinajstić information content (AvgIpc) is 2.97. The summed E-state index contributed by atoms with van der Waals surface area (Å²) in [5, 5.41) is 16.8. The van der Waals surface area contributed by atoms with Crippen molar-refractivity contribution in [2.24, 2.45) is 5.84 Å². The van der Waals surface area contributed by atoms with Gasteiger partial charge in [-0.25, -0.2) is 20.8 Å². The van der Waals surface area contributed by atoms with E-state index in [2.05, 4.69) is 25.7 Å². The quantitative estimate of drug-likeness (QED) is 0.416. The minimum absolute atomic E-state index is 0.0403. The van der Waals surface area contributed by atoms with E-state index in [1.807, 2.05) is 12.3 Å². The number of hydrogen-bond acceptors (Lipinski definition) is 9. The van der Waals surface area contributed by atoms with Gasteiger partial charge < -0.3 is 10.7 Å². The molecule has 0 fully saturated rings. The van der Waals surface area contributed by atoms with Gasteiger partial charge in [-0.1, -0.05) is 6.92 Å². The predicted octanol–water partition coefficient (Wildman–Crippen LogP) is 1.69. The summed E-state index contributed by atoms with van der Waals surface area (Å²) >= 11 is 1.47. The molecule has 0 spiro atoms. The molecular weight excluding hydrogens is 282 g/mol. The van der Waals surface area contributed by atoms with E-state index in [0.717, 1.165) is 5.01 Å². The number of nitrogen functional groups attached to an aromatic ring is 1. The zero-order valence-corrected chi connectivity index (χ0v) is 11.4. The maximum absolute atomic E-state index is 11.1. The second kappa shape index (κ2) is 6.21. The van der Waals surface area contributed by atoms with Crippen molar-refractivity contribution in [1.29, 1.82) is 0 Å². The molecule has 20 heavy (non-hydrogen) atoms. The summed E-state index contributed by atoms with van der Waals surface area (Å²) in [7, 11) is 0. The van der Waals surface area contributed by atoms with Crippen LogP contribution < -0.4 is 16.6 Å². The number of hydrogen-bond donors (Lipinski definition) is 3. The predicted molar refractivity (Wildman–Crippen MR) is 75.3 cm³/mol. The van der Waals surface area contributed by atoms with Crippen molar-refractivity contribution in [2.75, 3.05) is 10.7 Å². The molecule has 0 saturated carbocycles. The molecule has 0 aliphatic rings. The third-order valence-corrected chi connectivity index (χ3v) is 3.50. The Labute approximate surface area is 118 Å². The van der Waals surface area contributed by atoms with E-state index in [4.69, 9.17) is 5.84 Å². The minimum atomic E-state index is -0.577. The molecule has 106 valence electrons. The van der Waals surface area contributed by atoms with Crippen molar-refractivity contribution in [3.8, 4) is 0 Å². The number of nitrogens with two attached hydrogens (primary N) is 1. The molecular formula is C10H13N7O2S. The maximum Gasteiger partial charge on any atom is 0.354 e. The van der Waals surface area contributed by atoms with Crippen LogP contribution in [0.3, 0.4) is 0 Å². The molecule has 2 heterocycles. The van der Waals surface area contributed by atoms with E-state index in [1.54, 1.807) is 6.20 Å². The van der Waals surface area contributed by atoms with Crippen LogP contribution in [0.4, 0.5) is 17.3 Å². The van der Waals surface area contributed by atoms with Crippen LogP contribution in [0.25, 0.3) is 0 Å². The minimum Gasteiger partial charge on any atom is -0.355 e. The normalized spacial score (nSPS) is 11.9. The molecule has 9 nitrogen and oxygen atoms in total. The Morgan fingerprint density at radius 2 is 2.20 bits per heavy atom. The number of nitrogens with one attached hydrogen (secondary N) is 2. The van der Waals surface area contributed by atoms with Gasteiger partial charge >= 0.3 is 5.69 Å². The molecule has 0 radical (unpaired) electrons. The monoisotopic (exact) mass is 295 g/mol. The highest BCUT2D eigenvalue weighted by Gasteiger charge is 2.25. The fourth-order valence-electron chi connectivity index (χ4n) is 1.67. The SMILES string of the molecule is CCC(Nc1ncnc(NN)c1[N+](=O)[O-])c1nccs1. The molecule has 0 aliphatic heterocycles. The summed E-state index contributed by atoms with van der Waals surface area (Å²) in [6, 6.07) is -0.158. The first-order valence-electron chi connectivity index (χ1n) is 5.79. The molecule has 4 N–H and O–H groups in total. The molecule has 2 aromatic heterocycles. The van der Waals surface area contributed by atoms with Gasteiger partial charge in [0.25, 0.3) is 0 Å². The highest BCUT2D eigenvalue weighted by Crippen LogP contribution is 2.32. The molecule has 1 unspecified atom stereocenters. The molecule has 0 aliphatic carbocycles. The Kier molecular flexibility index (Phi) is 4.38. The van der Waals surface area contributed by atoms with Crippen molar-refractivity contribution in [3.05, 3.63) is 33.0 Å². The Morgan fingerprint density at radius 1 is 1.45 bits per heavy atom. The highest BCUT2D eigenvalue weighted by atomic mass is 32.1. The lowest BCUT2D eigenvalue weighted by Gasteiger charge is -2.15.